The number of nitrogens with zero attached hydrogens (tertiary/aromatic N) is 6. The van der Waals surface area contributed by atoms with Gasteiger partial charge in [0.05, 0.1) is 27.7 Å². The molecule has 1 aliphatic heterocycles. The Morgan fingerprint density at radius 3 is 2.44 bits per heavy atom. The lowest BCUT2D eigenvalue weighted by molar-refractivity contribution is 0.222. The quantitative estimate of drug-likeness (QED) is 0.513. The number of benzene rings is 1. The summed E-state index contributed by atoms with van der Waals surface area (Å²) in [7, 11) is -1.56. The zero-order chi connectivity index (χ0) is 22.7. The number of pyridine rings is 1. The first-order chi connectivity index (χ1) is 15.4. The van der Waals surface area contributed by atoms with Gasteiger partial charge in [0.1, 0.15) is 11.0 Å². The van der Waals surface area contributed by atoms with E-state index in [4.69, 9.17) is 0 Å². The van der Waals surface area contributed by atoms with Crippen molar-refractivity contribution < 1.29 is 8.42 Å². The van der Waals surface area contributed by atoms with Crippen LogP contribution in [0.5, 0.6) is 0 Å². The molecular weight excluding hydrogens is 444 g/mol. The number of nitriles is 1. The van der Waals surface area contributed by atoms with Crippen LogP contribution in [-0.4, -0.2) is 65.6 Å². The van der Waals surface area contributed by atoms with Gasteiger partial charge in [-0.1, -0.05) is 30.0 Å². The number of aryl methyl sites for hydroxylation is 1. The zero-order valence-electron chi connectivity index (χ0n) is 18.0. The molecule has 2 aromatic heterocycles. The van der Waals surface area contributed by atoms with Crippen LogP contribution in [-0.2, 0) is 15.8 Å². The molecule has 0 spiro atoms. The van der Waals surface area contributed by atoms with Gasteiger partial charge in [-0.3, -0.25) is 0 Å². The predicted molar refractivity (Wildman–Crippen MR) is 123 cm³/mol. The van der Waals surface area contributed by atoms with Gasteiger partial charge in [0.25, 0.3) is 0 Å². The van der Waals surface area contributed by atoms with Gasteiger partial charge in [0.15, 0.2) is 0 Å². The molecule has 32 heavy (non-hydrogen) atoms. The second-order valence-corrected chi connectivity index (χ2v) is 10.5. The summed E-state index contributed by atoms with van der Waals surface area (Å²) in [6.45, 7) is 4.22. The number of thioether (sulfide) groups is 1. The van der Waals surface area contributed by atoms with Crippen LogP contribution in [0.4, 0.5) is 0 Å². The summed E-state index contributed by atoms with van der Waals surface area (Å²) in [5.74, 6) is 0.482. The molecule has 166 valence electrons. The summed E-state index contributed by atoms with van der Waals surface area (Å²) in [5.41, 5.74) is 2.90. The first kappa shape index (κ1) is 22.5. The minimum Gasteiger partial charge on any atom is -0.304 e. The number of sulfonamides is 1. The Bertz CT molecular complexity index is 1230. The molecule has 0 aliphatic carbocycles. The van der Waals surface area contributed by atoms with E-state index in [1.165, 1.54) is 22.3 Å². The largest absolute Gasteiger partial charge is 0.304 e. The van der Waals surface area contributed by atoms with Gasteiger partial charge in [-0.05, 0) is 38.2 Å². The Labute approximate surface area is 192 Å². The maximum Gasteiger partial charge on any atom is 0.244 e. The van der Waals surface area contributed by atoms with Gasteiger partial charge in [-0.15, -0.1) is 0 Å². The number of hydrogen-bond acceptors (Lipinski definition) is 7. The number of aromatic nitrogens is 3. The molecule has 0 bridgehead atoms. The van der Waals surface area contributed by atoms with Crippen molar-refractivity contribution in [2.75, 3.05) is 33.2 Å². The lowest BCUT2D eigenvalue weighted by Crippen LogP contribution is -2.47. The molecule has 4 rings (SSSR count). The van der Waals surface area contributed by atoms with E-state index in [1.807, 2.05) is 44.3 Å². The van der Waals surface area contributed by atoms with Crippen molar-refractivity contribution in [2.45, 2.75) is 22.6 Å². The van der Waals surface area contributed by atoms with E-state index in [-0.39, 0.29) is 4.90 Å². The molecule has 1 aromatic carbocycles. The molecule has 0 atom stereocenters. The summed E-state index contributed by atoms with van der Waals surface area (Å²) in [6, 6.07) is 15.2. The third kappa shape index (κ3) is 4.56. The van der Waals surface area contributed by atoms with Crippen LogP contribution < -0.4 is 0 Å². The van der Waals surface area contributed by atoms with Gasteiger partial charge in [-0.2, -0.15) is 14.7 Å². The van der Waals surface area contributed by atoms with Crippen molar-refractivity contribution in [2.24, 2.45) is 0 Å². The number of piperazine rings is 1. The molecule has 1 saturated heterocycles. The Morgan fingerprint density at radius 2 is 1.81 bits per heavy atom. The van der Waals surface area contributed by atoms with Crippen molar-refractivity contribution in [3.63, 3.8) is 0 Å². The Morgan fingerprint density at radius 1 is 1.09 bits per heavy atom. The third-order valence-corrected chi connectivity index (χ3v) is 8.27. The molecule has 0 amide bonds. The SMILES string of the molecule is Cc1nn(-c2ccccc2)c(CSc2ccc(S(=O)(=O)N3CCN(C)CC3)cn2)c1C#N. The molecule has 3 heterocycles. The first-order valence-corrected chi connectivity index (χ1v) is 12.6. The van der Waals surface area contributed by atoms with Crippen molar-refractivity contribution in [3.8, 4) is 11.8 Å². The minimum atomic E-state index is -3.54. The number of likely N-dealkylation sites (N-methyl/N-ethyl adjacent to an activating group) is 1. The second kappa shape index (κ2) is 9.42. The van der Waals surface area contributed by atoms with Gasteiger partial charge in [0, 0.05) is 38.1 Å². The number of para-hydroxylation sites is 1. The molecule has 0 saturated carbocycles. The highest BCUT2D eigenvalue weighted by atomic mass is 32.2. The Kier molecular flexibility index (Phi) is 6.62. The van der Waals surface area contributed by atoms with Crippen LogP contribution in [0.2, 0.25) is 0 Å². The highest BCUT2D eigenvalue weighted by Crippen LogP contribution is 2.27. The lowest BCUT2D eigenvalue weighted by atomic mass is 10.2. The van der Waals surface area contributed by atoms with Crippen molar-refractivity contribution in [3.05, 3.63) is 65.6 Å². The van der Waals surface area contributed by atoms with E-state index in [9.17, 15) is 13.7 Å². The smallest absolute Gasteiger partial charge is 0.244 e. The van der Waals surface area contributed by atoms with E-state index in [0.29, 0.717) is 35.1 Å². The summed E-state index contributed by atoms with van der Waals surface area (Å²) in [4.78, 5) is 6.68. The van der Waals surface area contributed by atoms with Crippen LogP contribution >= 0.6 is 11.8 Å². The summed E-state index contributed by atoms with van der Waals surface area (Å²) >= 11 is 1.44. The monoisotopic (exact) mass is 468 g/mol. The normalized spacial score (nSPS) is 15.5. The molecule has 0 N–H and O–H groups in total. The standard InChI is InChI=1S/C22H24N6O2S2/c1-17-20(14-23)21(28(25-17)18-6-4-3-5-7-18)16-31-22-9-8-19(15-24-22)32(29,30)27-12-10-26(2)11-13-27/h3-9,15H,10-13,16H2,1-2H3. The van der Waals surface area contributed by atoms with E-state index in [0.717, 1.165) is 24.5 Å². The molecule has 1 aliphatic rings. The van der Waals surface area contributed by atoms with E-state index in [1.54, 1.807) is 16.8 Å². The van der Waals surface area contributed by atoms with Crippen molar-refractivity contribution >= 4 is 21.8 Å². The zero-order valence-corrected chi connectivity index (χ0v) is 19.6. The fourth-order valence-corrected chi connectivity index (χ4v) is 5.77. The maximum atomic E-state index is 12.9. The van der Waals surface area contributed by atoms with Gasteiger partial charge < -0.3 is 4.90 Å². The average molecular weight is 469 g/mol. The van der Waals surface area contributed by atoms with Crippen LogP contribution in [0, 0.1) is 18.3 Å². The van der Waals surface area contributed by atoms with Crippen molar-refractivity contribution in [1.82, 2.24) is 24.0 Å². The summed E-state index contributed by atoms with van der Waals surface area (Å²) in [5, 5.41) is 14.8. The van der Waals surface area contributed by atoms with Crippen LogP contribution in [0.1, 0.15) is 17.0 Å². The minimum absolute atomic E-state index is 0.203. The predicted octanol–water partition coefficient (Wildman–Crippen LogP) is 2.68. The molecular formula is C22H24N6O2S2. The topological polar surface area (TPSA) is 95.1 Å². The molecule has 0 radical (unpaired) electrons. The van der Waals surface area contributed by atoms with E-state index >= 15 is 0 Å². The van der Waals surface area contributed by atoms with Crippen LogP contribution in [0.3, 0.4) is 0 Å². The summed E-state index contributed by atoms with van der Waals surface area (Å²) < 4.78 is 29.1. The van der Waals surface area contributed by atoms with E-state index < -0.39 is 10.0 Å². The highest BCUT2D eigenvalue weighted by Gasteiger charge is 2.27. The highest BCUT2D eigenvalue weighted by molar-refractivity contribution is 7.98. The van der Waals surface area contributed by atoms with Crippen LogP contribution in [0.15, 0.2) is 58.6 Å². The average Bonchev–Trinajstić information content (AvgIpc) is 3.14. The van der Waals surface area contributed by atoms with Crippen molar-refractivity contribution in [1.29, 1.82) is 5.26 Å². The van der Waals surface area contributed by atoms with Crippen LogP contribution in [0.25, 0.3) is 5.69 Å². The Balaban J connectivity index is 1.52. The lowest BCUT2D eigenvalue weighted by Gasteiger charge is -2.31. The third-order valence-electron chi connectivity index (χ3n) is 5.43. The fraction of sp³-hybridized carbons (Fsp3) is 0.318. The Hall–Kier alpha value is -2.71. The van der Waals surface area contributed by atoms with Gasteiger partial charge in [-0.25, -0.2) is 18.1 Å². The fourth-order valence-electron chi connectivity index (χ4n) is 3.56. The maximum absolute atomic E-state index is 12.9. The van der Waals surface area contributed by atoms with Gasteiger partial charge >= 0.3 is 0 Å². The number of rotatable bonds is 6. The summed E-state index contributed by atoms with van der Waals surface area (Å²) in [6.07, 6.45) is 1.42. The molecule has 0 unspecified atom stereocenters. The number of hydrogen-bond donors (Lipinski definition) is 0. The second-order valence-electron chi connectivity index (χ2n) is 7.59. The molecule has 3 aromatic rings. The molecule has 8 nitrogen and oxygen atoms in total. The molecule has 1 fully saturated rings. The van der Waals surface area contributed by atoms with Gasteiger partial charge in [0.2, 0.25) is 10.0 Å². The van der Waals surface area contributed by atoms with E-state index in [2.05, 4.69) is 21.1 Å². The first-order valence-electron chi connectivity index (χ1n) is 10.2. The molecule has 10 heteroatoms.